The van der Waals surface area contributed by atoms with Crippen molar-refractivity contribution in [3.8, 4) is 0 Å². The molecule has 0 fully saturated rings. The van der Waals surface area contributed by atoms with Crippen molar-refractivity contribution in [2.75, 3.05) is 0 Å². The Bertz CT molecular complexity index is 1200. The zero-order valence-corrected chi connectivity index (χ0v) is 37.6. The van der Waals surface area contributed by atoms with E-state index in [1.807, 2.05) is 0 Å². The fraction of sp³-hybridized carbons (Fsp3) is 0.436. The van der Waals surface area contributed by atoms with Gasteiger partial charge < -0.3 is 54.5 Å². The van der Waals surface area contributed by atoms with E-state index in [9.17, 15) is 0 Å². The van der Waals surface area contributed by atoms with E-state index in [1.54, 1.807) is 10.4 Å². The van der Waals surface area contributed by atoms with Crippen LogP contribution in [0.5, 0.6) is 0 Å². The van der Waals surface area contributed by atoms with Crippen molar-refractivity contribution in [2.45, 2.75) is 112 Å². The second-order valence-corrected chi connectivity index (χ2v) is 22.1. The number of allylic oxidation sites excluding steroid dienone is 2. The van der Waals surface area contributed by atoms with Crippen LogP contribution in [0.2, 0.25) is 18.8 Å². The summed E-state index contributed by atoms with van der Waals surface area (Å²) in [5.41, 5.74) is 12.8. The van der Waals surface area contributed by atoms with E-state index in [2.05, 4.69) is 119 Å². The molecule has 0 spiro atoms. The van der Waals surface area contributed by atoms with E-state index in [-0.39, 0.29) is 99.1 Å². The summed E-state index contributed by atoms with van der Waals surface area (Å²) < 4.78 is 0. The molecule has 0 N–H and O–H groups in total. The van der Waals surface area contributed by atoms with Gasteiger partial charge in [-0.1, -0.05) is 118 Å². The Morgan fingerprint density at radius 1 is 0.556 bits per heavy atom. The Morgan fingerprint density at radius 2 is 0.844 bits per heavy atom. The normalized spacial score (nSPS) is 15.7. The van der Waals surface area contributed by atoms with E-state index in [4.69, 9.17) is 9.96 Å². The molecule has 2 aromatic carbocycles. The quantitative estimate of drug-likeness (QED) is 0.211. The first-order valence-corrected chi connectivity index (χ1v) is 19.3. The van der Waals surface area contributed by atoms with Crippen molar-refractivity contribution >= 4 is 26.9 Å². The van der Waals surface area contributed by atoms with Crippen LogP contribution in [0.3, 0.4) is 0 Å². The summed E-state index contributed by atoms with van der Waals surface area (Å²) in [5, 5.41) is 3.18. The molecule has 2 aliphatic rings. The summed E-state index contributed by atoms with van der Waals surface area (Å²) in [6.45, 7) is 28.1. The van der Waals surface area contributed by atoms with Gasteiger partial charge in [-0.15, -0.1) is 11.1 Å². The maximum atomic E-state index is 5.82. The molecule has 4 rings (SSSR count). The van der Waals surface area contributed by atoms with Crippen molar-refractivity contribution in [2.24, 2.45) is 0 Å². The van der Waals surface area contributed by atoms with Gasteiger partial charge in [0.05, 0.1) is 0 Å². The topological polar surface area (TPSA) is 28.2 Å². The van der Waals surface area contributed by atoms with E-state index >= 15 is 0 Å². The number of aryl methyl sites for hydroxylation is 2. The third kappa shape index (κ3) is 11.4. The molecule has 2 aromatic rings. The van der Waals surface area contributed by atoms with Gasteiger partial charge in [-0.25, -0.2) is 0 Å². The van der Waals surface area contributed by atoms with Gasteiger partial charge in [0.15, 0.2) is 0 Å². The van der Waals surface area contributed by atoms with E-state index in [0.717, 1.165) is 18.5 Å². The Labute approximate surface area is 315 Å². The van der Waals surface area contributed by atoms with Crippen molar-refractivity contribution in [1.82, 2.24) is 0 Å². The third-order valence-electron chi connectivity index (χ3n) is 8.03. The standard InChI is InChI=1S/C33H48N2Si2.6CH3.2Ti/c1-22-15-13-17-26-28(22)19-24(3)30(26)36(11,34-32(5,6)7)21-37(12,35-33(8,9)10)31-25(4)20-29-23(2)16-14-18-27(29)31;;;;;;;;/h13-18H,19-21H2,1-12H3;6*1H3;;/q-2;6*-1;2*+4. The predicted octanol–water partition coefficient (Wildman–Crippen LogP) is 12.5. The molecule has 0 bridgehead atoms. The van der Waals surface area contributed by atoms with Gasteiger partial charge in [-0.05, 0) is 90.4 Å². The monoisotopic (exact) mass is 714 g/mol. The molecule has 45 heavy (non-hydrogen) atoms. The summed E-state index contributed by atoms with van der Waals surface area (Å²) in [6.07, 6.45) is 2.13. The molecule has 2 atom stereocenters. The van der Waals surface area contributed by atoms with Crippen LogP contribution in [0, 0.1) is 58.4 Å². The van der Waals surface area contributed by atoms with Crippen LogP contribution in [0.25, 0.3) is 20.4 Å². The zero-order valence-electron chi connectivity index (χ0n) is 32.5. The second kappa shape index (κ2) is 19.0. The average Bonchev–Trinajstić information content (AvgIpc) is 3.23. The van der Waals surface area contributed by atoms with Crippen LogP contribution >= 0.6 is 0 Å². The van der Waals surface area contributed by atoms with Crippen LogP contribution in [0.15, 0.2) is 47.5 Å². The summed E-state index contributed by atoms with van der Waals surface area (Å²) in [5.74, 6) is 0. The fourth-order valence-electron chi connectivity index (χ4n) is 7.53. The van der Waals surface area contributed by atoms with Crippen LogP contribution < -0.4 is 0 Å². The van der Waals surface area contributed by atoms with Gasteiger partial charge in [0, 0.05) is 0 Å². The molecule has 2 nitrogen and oxygen atoms in total. The van der Waals surface area contributed by atoms with Crippen LogP contribution in [-0.4, -0.2) is 27.5 Å². The van der Waals surface area contributed by atoms with Crippen molar-refractivity contribution in [1.29, 1.82) is 0 Å². The van der Waals surface area contributed by atoms with E-state index in [0.29, 0.717) is 0 Å². The number of hydrogen-bond acceptors (Lipinski definition) is 0. The maximum Gasteiger partial charge on any atom is 4.00 e. The first-order chi connectivity index (χ1) is 16.9. The minimum atomic E-state index is -2.32. The average molecular weight is 715 g/mol. The third-order valence-corrected chi connectivity index (χ3v) is 19.4. The van der Waals surface area contributed by atoms with Crippen molar-refractivity contribution in [3.63, 3.8) is 0 Å². The molecule has 248 valence electrons. The molecule has 0 aliphatic heterocycles. The van der Waals surface area contributed by atoms with Crippen molar-refractivity contribution < 1.29 is 43.4 Å². The zero-order chi connectivity index (χ0) is 27.6. The van der Waals surface area contributed by atoms with Crippen LogP contribution in [-0.2, 0) is 56.3 Å². The van der Waals surface area contributed by atoms with E-state index < -0.39 is 16.5 Å². The van der Waals surface area contributed by atoms with Gasteiger partial charge in [0.2, 0.25) is 0 Å². The molecule has 2 aliphatic carbocycles. The minimum absolute atomic E-state index is 0. The first-order valence-electron chi connectivity index (χ1n) is 14.0. The molecule has 0 radical (unpaired) electrons. The predicted molar refractivity (Wildman–Crippen MR) is 208 cm³/mol. The molecule has 6 heteroatoms. The van der Waals surface area contributed by atoms with Gasteiger partial charge >= 0.3 is 43.4 Å². The molecular weight excluding hydrogens is 648 g/mol. The summed E-state index contributed by atoms with van der Waals surface area (Å²) in [4.78, 5) is 11.6. The van der Waals surface area contributed by atoms with Gasteiger partial charge in [0.1, 0.15) is 0 Å². The number of rotatable bonds is 6. The first kappa shape index (κ1) is 54.2. The Balaban J connectivity index is -0.000000667. The van der Waals surface area contributed by atoms with E-state index in [1.165, 1.54) is 44.5 Å². The number of fused-ring (bicyclic) bond motifs is 2. The minimum Gasteiger partial charge on any atom is -0.656 e. The number of benzene rings is 2. The molecule has 2 unspecified atom stereocenters. The summed E-state index contributed by atoms with van der Waals surface area (Å²) in [7, 11) is -4.64. The smallest absolute Gasteiger partial charge is 0.656 e. The maximum absolute atomic E-state index is 5.82. The van der Waals surface area contributed by atoms with Gasteiger partial charge in [0.25, 0.3) is 0 Å². The molecule has 0 amide bonds. The molecule has 0 aromatic heterocycles. The van der Waals surface area contributed by atoms with Gasteiger partial charge in [-0.2, -0.15) is 0 Å². The summed E-state index contributed by atoms with van der Waals surface area (Å²) in [6, 6.07) is 13.8. The Morgan fingerprint density at radius 3 is 1.11 bits per heavy atom. The van der Waals surface area contributed by atoms with Crippen molar-refractivity contribution in [3.05, 3.63) is 135 Å². The summed E-state index contributed by atoms with van der Waals surface area (Å²) >= 11 is 0. The SMILES string of the molecule is CC1=C([Si](C)(C[Si](C)([N-]C(C)(C)C)C2=C(C)Cc3c(C)cccc32)[N-]C(C)(C)C)c2cccc(C)c2C1.[CH3-].[CH3-].[CH3-].[CH3-].[CH3-].[CH3-].[Ti+4].[Ti+4]. The second-order valence-electron chi connectivity index (χ2n) is 14.2. The molecule has 0 saturated heterocycles. The number of nitrogens with zero attached hydrogens (tertiary/aromatic N) is 2. The largest absolute Gasteiger partial charge is 4.00 e. The molecule has 0 heterocycles. The van der Waals surface area contributed by atoms with Crippen LogP contribution in [0.1, 0.15) is 88.8 Å². The molecule has 0 saturated carbocycles. The number of hydrogen-bond donors (Lipinski definition) is 0. The molecular formula is C39H66N2Si2Ti2. The Kier molecular flexibility index (Phi) is 22.9. The fourth-order valence-corrected chi connectivity index (χ4v) is 21.8. The van der Waals surface area contributed by atoms with Crippen LogP contribution in [0.4, 0.5) is 0 Å². The van der Waals surface area contributed by atoms with Gasteiger partial charge in [-0.3, -0.25) is 0 Å². The Hall–Kier alpha value is -0.298.